The van der Waals surface area contributed by atoms with Crippen molar-refractivity contribution in [3.05, 3.63) is 47.3 Å². The lowest BCUT2D eigenvalue weighted by Crippen LogP contribution is -2.52. The van der Waals surface area contributed by atoms with Gasteiger partial charge in [-0.05, 0) is 31.0 Å². The second kappa shape index (κ2) is 9.82. The van der Waals surface area contributed by atoms with Crippen molar-refractivity contribution in [2.24, 2.45) is 5.92 Å². The summed E-state index contributed by atoms with van der Waals surface area (Å²) in [6.45, 7) is 3.61. The zero-order valence-electron chi connectivity index (χ0n) is 19.0. The van der Waals surface area contributed by atoms with E-state index in [2.05, 4.69) is 17.0 Å². The number of para-hydroxylation sites is 1. The molecule has 178 valence electrons. The van der Waals surface area contributed by atoms with E-state index >= 15 is 0 Å². The van der Waals surface area contributed by atoms with Gasteiger partial charge in [-0.1, -0.05) is 18.2 Å². The number of hydrogen-bond acceptors (Lipinski definition) is 6. The Morgan fingerprint density at radius 3 is 2.21 bits per heavy atom. The number of sulfonamides is 1. The first-order valence-corrected chi connectivity index (χ1v) is 13.5. The number of piperazine rings is 1. The average Bonchev–Trinajstić information content (AvgIpc) is 3.35. The van der Waals surface area contributed by atoms with Crippen molar-refractivity contribution < 1.29 is 18.0 Å². The maximum absolute atomic E-state index is 13.1. The number of rotatable bonds is 5. The normalized spacial score (nSPS) is 18.4. The fourth-order valence-electron chi connectivity index (χ4n) is 4.37. The highest BCUT2D eigenvalue weighted by Crippen LogP contribution is 2.29. The molecule has 33 heavy (non-hydrogen) atoms. The molecule has 10 heteroatoms. The van der Waals surface area contributed by atoms with Gasteiger partial charge in [-0.15, -0.1) is 11.3 Å². The van der Waals surface area contributed by atoms with E-state index < -0.39 is 10.0 Å². The van der Waals surface area contributed by atoms with E-state index in [-0.39, 0.29) is 21.9 Å². The molecule has 0 atom stereocenters. The van der Waals surface area contributed by atoms with E-state index in [4.69, 9.17) is 0 Å². The molecule has 0 spiro atoms. The summed E-state index contributed by atoms with van der Waals surface area (Å²) in [6.07, 6.45) is 1.04. The number of thiophene rings is 1. The summed E-state index contributed by atoms with van der Waals surface area (Å²) < 4.78 is 27.7. The largest absolute Gasteiger partial charge is 0.368 e. The number of carbonyl (C=O) groups is 2. The Kier molecular flexibility index (Phi) is 7.06. The lowest BCUT2D eigenvalue weighted by atomic mass is 9.96. The van der Waals surface area contributed by atoms with Crippen LogP contribution in [0.4, 0.5) is 5.69 Å². The number of hydrogen-bond donors (Lipinski definition) is 0. The molecule has 8 nitrogen and oxygen atoms in total. The Hall–Kier alpha value is -2.43. The first kappa shape index (κ1) is 23.7. The number of amides is 2. The summed E-state index contributed by atoms with van der Waals surface area (Å²) >= 11 is 1.07. The molecule has 2 aliphatic heterocycles. The topological polar surface area (TPSA) is 81.2 Å². The van der Waals surface area contributed by atoms with E-state index in [1.54, 1.807) is 19.5 Å². The maximum Gasteiger partial charge on any atom is 0.254 e. The number of nitrogens with zero attached hydrogens (tertiary/aromatic N) is 4. The van der Waals surface area contributed by atoms with Crippen LogP contribution in [0.1, 0.15) is 23.2 Å². The van der Waals surface area contributed by atoms with Crippen LogP contribution in [0.2, 0.25) is 0 Å². The minimum Gasteiger partial charge on any atom is -0.368 e. The molecular weight excluding hydrogens is 460 g/mol. The highest BCUT2D eigenvalue weighted by molar-refractivity contribution is 7.91. The molecule has 1 aromatic carbocycles. The van der Waals surface area contributed by atoms with E-state index in [9.17, 15) is 18.0 Å². The van der Waals surface area contributed by atoms with Crippen molar-refractivity contribution in [3.8, 4) is 0 Å². The first-order chi connectivity index (χ1) is 15.8. The molecule has 3 heterocycles. The second-order valence-electron chi connectivity index (χ2n) is 8.68. The van der Waals surface area contributed by atoms with Crippen molar-refractivity contribution >= 4 is 38.9 Å². The third-order valence-electron chi connectivity index (χ3n) is 6.34. The Bertz CT molecular complexity index is 1080. The number of anilines is 1. The number of carbonyl (C=O) groups excluding carboxylic acids is 2. The second-order valence-corrected chi connectivity index (χ2v) is 11.8. The summed E-state index contributed by atoms with van der Waals surface area (Å²) in [5, 5.41) is 1.58. The van der Waals surface area contributed by atoms with Crippen molar-refractivity contribution in [2.75, 3.05) is 58.3 Å². The highest BCUT2D eigenvalue weighted by atomic mass is 32.2. The van der Waals surface area contributed by atoms with Crippen LogP contribution in [-0.2, 0) is 14.8 Å². The average molecular weight is 491 g/mol. The minimum atomic E-state index is -3.66. The van der Waals surface area contributed by atoms with Crippen LogP contribution in [0.3, 0.4) is 0 Å². The van der Waals surface area contributed by atoms with Crippen LogP contribution in [0.5, 0.6) is 0 Å². The Balaban J connectivity index is 1.31. The molecule has 2 amide bonds. The summed E-state index contributed by atoms with van der Waals surface area (Å²) in [7, 11) is -0.390. The van der Waals surface area contributed by atoms with Gasteiger partial charge in [-0.3, -0.25) is 9.59 Å². The van der Waals surface area contributed by atoms with Crippen molar-refractivity contribution in [1.82, 2.24) is 14.1 Å². The predicted octanol–water partition coefficient (Wildman–Crippen LogP) is 2.20. The van der Waals surface area contributed by atoms with E-state index in [0.717, 1.165) is 24.4 Å². The maximum atomic E-state index is 13.1. The monoisotopic (exact) mass is 490 g/mol. The molecule has 1 aromatic heterocycles. The Morgan fingerprint density at radius 2 is 1.61 bits per heavy atom. The summed E-state index contributed by atoms with van der Waals surface area (Å²) in [5.74, 6) is -0.229. The Labute approximate surface area is 199 Å². The number of piperidine rings is 1. The predicted molar refractivity (Wildman–Crippen MR) is 129 cm³/mol. The van der Waals surface area contributed by atoms with Gasteiger partial charge in [0, 0.05) is 70.3 Å². The fraction of sp³-hybridized carbons (Fsp3) is 0.478. The van der Waals surface area contributed by atoms with Gasteiger partial charge in [0.2, 0.25) is 5.91 Å². The lowest BCUT2D eigenvalue weighted by Gasteiger charge is -2.39. The molecule has 2 fully saturated rings. The van der Waals surface area contributed by atoms with E-state index in [0.29, 0.717) is 44.6 Å². The van der Waals surface area contributed by atoms with Crippen LogP contribution in [0.25, 0.3) is 0 Å². The van der Waals surface area contributed by atoms with Crippen LogP contribution in [0, 0.1) is 5.92 Å². The van der Waals surface area contributed by atoms with Gasteiger partial charge in [0.15, 0.2) is 0 Å². The van der Waals surface area contributed by atoms with Gasteiger partial charge in [-0.2, -0.15) is 4.31 Å². The molecule has 0 radical (unpaired) electrons. The lowest BCUT2D eigenvalue weighted by molar-refractivity contribution is -0.137. The molecule has 2 aromatic rings. The van der Waals surface area contributed by atoms with Gasteiger partial charge in [0.25, 0.3) is 15.9 Å². The third-order valence-corrected chi connectivity index (χ3v) is 9.65. The Morgan fingerprint density at radius 1 is 0.970 bits per heavy atom. The molecule has 0 aliphatic carbocycles. The van der Waals surface area contributed by atoms with Gasteiger partial charge in [0.1, 0.15) is 4.21 Å². The van der Waals surface area contributed by atoms with Gasteiger partial charge >= 0.3 is 0 Å². The van der Waals surface area contributed by atoms with Crippen molar-refractivity contribution in [2.45, 2.75) is 17.1 Å². The van der Waals surface area contributed by atoms with Gasteiger partial charge < -0.3 is 14.7 Å². The van der Waals surface area contributed by atoms with E-state index in [1.807, 2.05) is 23.1 Å². The van der Waals surface area contributed by atoms with Gasteiger partial charge in [0.05, 0.1) is 5.56 Å². The quantitative estimate of drug-likeness (QED) is 0.642. The molecule has 0 saturated carbocycles. The molecule has 2 saturated heterocycles. The summed E-state index contributed by atoms with van der Waals surface area (Å²) in [4.78, 5) is 30.8. The molecule has 0 bridgehead atoms. The summed E-state index contributed by atoms with van der Waals surface area (Å²) in [5.41, 5.74) is 1.55. The highest BCUT2D eigenvalue weighted by Gasteiger charge is 2.35. The molecule has 0 unspecified atom stereocenters. The van der Waals surface area contributed by atoms with Crippen molar-refractivity contribution in [3.63, 3.8) is 0 Å². The SMILES string of the molecule is CN(C)C(=O)c1csc(S(=O)(=O)N2CCC(C(=O)N3CCN(c4ccccc4)CC3)CC2)c1. The summed E-state index contributed by atoms with van der Waals surface area (Å²) in [6, 6.07) is 11.7. The minimum absolute atomic E-state index is 0.134. The van der Waals surface area contributed by atoms with Gasteiger partial charge in [-0.25, -0.2) is 8.42 Å². The first-order valence-electron chi connectivity index (χ1n) is 11.2. The van der Waals surface area contributed by atoms with Crippen LogP contribution in [-0.4, -0.2) is 87.7 Å². The zero-order valence-corrected chi connectivity index (χ0v) is 20.6. The smallest absolute Gasteiger partial charge is 0.254 e. The molecule has 0 N–H and O–H groups in total. The van der Waals surface area contributed by atoms with Crippen LogP contribution >= 0.6 is 11.3 Å². The van der Waals surface area contributed by atoms with Crippen molar-refractivity contribution in [1.29, 1.82) is 0 Å². The third kappa shape index (κ3) is 5.07. The molecule has 2 aliphatic rings. The van der Waals surface area contributed by atoms with Crippen LogP contribution in [0.15, 0.2) is 46.0 Å². The van der Waals surface area contributed by atoms with Crippen LogP contribution < -0.4 is 4.90 Å². The standard InChI is InChI=1S/C23H30N4O4S2/c1-24(2)22(28)19-16-21(32-17-19)33(30,31)27-10-8-18(9-11-27)23(29)26-14-12-25(13-15-26)20-6-4-3-5-7-20/h3-7,16-18H,8-15H2,1-2H3. The molecule has 4 rings (SSSR count). The zero-order chi connectivity index (χ0) is 23.6. The number of benzene rings is 1. The van der Waals surface area contributed by atoms with E-state index in [1.165, 1.54) is 21.0 Å². The molecular formula is C23H30N4O4S2. The fourth-order valence-corrected chi connectivity index (χ4v) is 7.15.